The molecule has 1 saturated heterocycles. The summed E-state index contributed by atoms with van der Waals surface area (Å²) in [5.41, 5.74) is -2.13. The molecule has 4 rings (SSSR count). The third kappa shape index (κ3) is 3.68. The van der Waals surface area contributed by atoms with Crippen molar-refractivity contribution in [3.05, 3.63) is 62.9 Å². The number of aromatic nitrogens is 2. The lowest BCUT2D eigenvalue weighted by atomic mass is 9.74. The smallest absolute Gasteiger partial charge is 0.358 e. The van der Waals surface area contributed by atoms with Gasteiger partial charge in [0.15, 0.2) is 12.3 Å². The molecule has 160 valence electrons. The number of nitrogens with zero attached hydrogens (tertiary/aromatic N) is 1. The molecule has 8 nitrogen and oxygen atoms in total. The van der Waals surface area contributed by atoms with Gasteiger partial charge in [0.2, 0.25) is 0 Å². The van der Waals surface area contributed by atoms with E-state index in [1.165, 1.54) is 10.8 Å². The van der Waals surface area contributed by atoms with Gasteiger partial charge in [0, 0.05) is 24.0 Å². The van der Waals surface area contributed by atoms with Crippen molar-refractivity contribution in [2.45, 2.75) is 57.1 Å². The Balaban J connectivity index is 1.69. The van der Waals surface area contributed by atoms with Gasteiger partial charge in [-0.15, -0.1) is 0 Å². The van der Waals surface area contributed by atoms with Crippen LogP contribution in [0.5, 0.6) is 5.75 Å². The first-order chi connectivity index (χ1) is 14.3. The first-order valence-electron chi connectivity index (χ1n) is 9.93. The van der Waals surface area contributed by atoms with Crippen LogP contribution < -0.4 is 16.0 Å². The molecule has 1 saturated carbocycles. The van der Waals surface area contributed by atoms with E-state index in [9.17, 15) is 14.7 Å². The van der Waals surface area contributed by atoms with E-state index < -0.39 is 35.3 Å². The molecule has 0 unspecified atom stereocenters. The van der Waals surface area contributed by atoms with Gasteiger partial charge in [-0.2, -0.15) is 0 Å². The molecule has 1 aliphatic heterocycles. The van der Waals surface area contributed by atoms with Crippen LogP contribution in [0.4, 0.5) is 0 Å². The third-order valence-electron chi connectivity index (χ3n) is 5.87. The number of benzene rings is 1. The van der Waals surface area contributed by atoms with Crippen molar-refractivity contribution in [3.8, 4) is 5.75 Å². The Morgan fingerprint density at radius 1 is 1.33 bits per heavy atom. The number of thiocarbonyl (C=S) groups is 1. The lowest BCUT2D eigenvalue weighted by molar-refractivity contribution is -0.118. The SMILES string of the molecule is Cc1cn([C@@H]2O[C@H]3[C@H](C)CCC[C@]3(O)[C@H]2OC(=S)Oc2ccccc2)c(=O)[nH]c1=O. The minimum atomic E-state index is -1.35. The average Bonchev–Trinajstić information content (AvgIpc) is 2.99. The fraction of sp³-hybridized carbons (Fsp3) is 0.476. The number of aliphatic hydroxyl groups is 1. The molecule has 30 heavy (non-hydrogen) atoms. The summed E-state index contributed by atoms with van der Waals surface area (Å²) in [5, 5.41) is 11.4. The maximum absolute atomic E-state index is 12.5. The molecule has 2 aliphatic rings. The molecule has 0 spiro atoms. The Bertz CT molecular complexity index is 1050. The van der Waals surface area contributed by atoms with Gasteiger partial charge in [-0.25, -0.2) is 4.79 Å². The molecule has 5 atom stereocenters. The zero-order chi connectivity index (χ0) is 21.5. The van der Waals surface area contributed by atoms with Crippen LogP contribution >= 0.6 is 12.2 Å². The third-order valence-corrected chi connectivity index (χ3v) is 6.05. The minimum absolute atomic E-state index is 0.0584. The Hall–Kier alpha value is -2.49. The zero-order valence-corrected chi connectivity index (χ0v) is 17.6. The summed E-state index contributed by atoms with van der Waals surface area (Å²) in [7, 11) is 0. The Labute approximate surface area is 178 Å². The van der Waals surface area contributed by atoms with E-state index in [1.54, 1.807) is 31.2 Å². The van der Waals surface area contributed by atoms with Crippen LogP contribution in [0.3, 0.4) is 0 Å². The van der Waals surface area contributed by atoms with E-state index in [2.05, 4.69) is 4.98 Å². The summed E-state index contributed by atoms with van der Waals surface area (Å²) in [4.78, 5) is 26.6. The van der Waals surface area contributed by atoms with Crippen molar-refractivity contribution >= 4 is 17.5 Å². The first-order valence-corrected chi connectivity index (χ1v) is 10.3. The number of aromatic amines is 1. The van der Waals surface area contributed by atoms with E-state index in [4.69, 9.17) is 26.4 Å². The minimum Gasteiger partial charge on any atom is -0.445 e. The lowest BCUT2D eigenvalue weighted by Gasteiger charge is -2.39. The van der Waals surface area contributed by atoms with Crippen molar-refractivity contribution < 1.29 is 19.3 Å². The molecule has 2 aromatic rings. The summed E-state index contributed by atoms with van der Waals surface area (Å²) in [6.45, 7) is 3.58. The molecular formula is C21H24N2O6S. The van der Waals surface area contributed by atoms with E-state index >= 15 is 0 Å². The van der Waals surface area contributed by atoms with Gasteiger partial charge >= 0.3 is 10.9 Å². The molecule has 2 fully saturated rings. The zero-order valence-electron chi connectivity index (χ0n) is 16.7. The summed E-state index contributed by atoms with van der Waals surface area (Å²) in [6, 6.07) is 8.91. The maximum atomic E-state index is 12.5. The van der Waals surface area contributed by atoms with Gasteiger partial charge in [-0.1, -0.05) is 25.1 Å². The average molecular weight is 432 g/mol. The molecule has 0 radical (unpaired) electrons. The Morgan fingerprint density at radius 2 is 2.07 bits per heavy atom. The summed E-state index contributed by atoms with van der Waals surface area (Å²) >= 11 is 5.27. The second-order valence-corrected chi connectivity index (χ2v) is 8.32. The highest BCUT2D eigenvalue weighted by Crippen LogP contribution is 2.48. The number of hydrogen-bond acceptors (Lipinski definition) is 7. The summed E-state index contributed by atoms with van der Waals surface area (Å²) in [5.74, 6) is 0.554. The van der Waals surface area contributed by atoms with E-state index in [1.807, 2.05) is 13.0 Å². The number of fused-ring (bicyclic) bond motifs is 1. The molecule has 1 aromatic heterocycles. The highest BCUT2D eigenvalue weighted by molar-refractivity contribution is 7.79. The van der Waals surface area contributed by atoms with Crippen molar-refractivity contribution in [1.82, 2.24) is 9.55 Å². The van der Waals surface area contributed by atoms with Crippen molar-refractivity contribution in [1.29, 1.82) is 0 Å². The number of H-pyrrole nitrogens is 1. The summed E-state index contributed by atoms with van der Waals surface area (Å²) in [6.07, 6.45) is 1.03. The molecular weight excluding hydrogens is 408 g/mol. The fourth-order valence-electron chi connectivity index (χ4n) is 4.38. The van der Waals surface area contributed by atoms with E-state index in [-0.39, 0.29) is 11.2 Å². The van der Waals surface area contributed by atoms with Gasteiger partial charge < -0.3 is 19.3 Å². The molecule has 0 amide bonds. The van der Waals surface area contributed by atoms with Gasteiger partial charge in [0.05, 0.1) is 6.10 Å². The van der Waals surface area contributed by atoms with Crippen LogP contribution in [0, 0.1) is 12.8 Å². The normalized spacial score (nSPS) is 30.5. The first kappa shape index (κ1) is 20.8. The highest BCUT2D eigenvalue weighted by atomic mass is 32.1. The van der Waals surface area contributed by atoms with Gasteiger partial charge in [-0.05, 0) is 44.2 Å². The predicted octanol–water partition coefficient (Wildman–Crippen LogP) is 2.04. The maximum Gasteiger partial charge on any atom is 0.358 e. The van der Waals surface area contributed by atoms with Crippen LogP contribution in [-0.2, 0) is 9.47 Å². The molecule has 1 aliphatic carbocycles. The quantitative estimate of drug-likeness (QED) is 0.716. The second kappa shape index (κ2) is 7.98. The standard InChI is InChI=1S/C21H24N2O6S/c1-12-7-6-10-21(26)15(12)28-18(23-11-13(2)17(24)22-19(23)25)16(21)29-20(30)27-14-8-4-3-5-9-14/h3-5,8-9,11-12,15-16,18,26H,6-7,10H2,1-2H3,(H,22,24,25)/t12-,15+,16+,18-,21-/m1/s1. The molecule has 2 N–H and O–H groups in total. The molecule has 9 heteroatoms. The van der Waals surface area contributed by atoms with E-state index in [0.717, 1.165) is 12.8 Å². The molecule has 0 bridgehead atoms. The van der Waals surface area contributed by atoms with Crippen LogP contribution in [0.2, 0.25) is 0 Å². The predicted molar refractivity (Wildman–Crippen MR) is 112 cm³/mol. The van der Waals surface area contributed by atoms with Crippen molar-refractivity contribution in [2.24, 2.45) is 5.92 Å². The van der Waals surface area contributed by atoms with Gasteiger partial charge in [0.25, 0.3) is 5.56 Å². The monoisotopic (exact) mass is 432 g/mol. The number of nitrogens with one attached hydrogen (secondary N) is 1. The lowest BCUT2D eigenvalue weighted by Crippen LogP contribution is -2.54. The van der Waals surface area contributed by atoms with Crippen LogP contribution in [0.15, 0.2) is 46.1 Å². The van der Waals surface area contributed by atoms with Crippen LogP contribution in [0.25, 0.3) is 0 Å². The second-order valence-electron chi connectivity index (χ2n) is 7.99. The van der Waals surface area contributed by atoms with Crippen LogP contribution in [0.1, 0.15) is 38.0 Å². The number of rotatable bonds is 3. The Morgan fingerprint density at radius 3 is 2.80 bits per heavy atom. The largest absolute Gasteiger partial charge is 0.445 e. The topological polar surface area (TPSA) is 103 Å². The number of aryl methyl sites for hydroxylation is 1. The molecule has 2 heterocycles. The van der Waals surface area contributed by atoms with Crippen LogP contribution in [-0.4, -0.2) is 37.7 Å². The highest BCUT2D eigenvalue weighted by Gasteiger charge is 2.61. The number of para-hydroxylation sites is 1. The van der Waals surface area contributed by atoms with Gasteiger partial charge in [0.1, 0.15) is 11.4 Å². The number of ether oxygens (including phenoxy) is 3. The number of hydrogen-bond donors (Lipinski definition) is 2. The van der Waals surface area contributed by atoms with Gasteiger partial charge in [-0.3, -0.25) is 14.3 Å². The Kier molecular flexibility index (Phi) is 5.52. The van der Waals surface area contributed by atoms with E-state index in [0.29, 0.717) is 17.7 Å². The summed E-state index contributed by atoms with van der Waals surface area (Å²) < 4.78 is 18.9. The van der Waals surface area contributed by atoms with Crippen molar-refractivity contribution in [2.75, 3.05) is 0 Å². The van der Waals surface area contributed by atoms with Crippen molar-refractivity contribution in [3.63, 3.8) is 0 Å². The fourth-order valence-corrected chi connectivity index (χ4v) is 4.58. The molecule has 1 aromatic carbocycles.